The summed E-state index contributed by atoms with van der Waals surface area (Å²) in [6.07, 6.45) is 0.743. The van der Waals surface area contributed by atoms with Gasteiger partial charge in [0.2, 0.25) is 11.8 Å². The molecule has 1 aromatic heterocycles. The van der Waals surface area contributed by atoms with Crippen LogP contribution in [0.3, 0.4) is 0 Å². The zero-order valence-electron chi connectivity index (χ0n) is 15.1. The monoisotopic (exact) mass is 359 g/mol. The predicted molar refractivity (Wildman–Crippen MR) is 101 cm³/mol. The summed E-state index contributed by atoms with van der Waals surface area (Å²) in [5, 5.41) is 8.71. The topological polar surface area (TPSA) is 71.1 Å². The number of benzene rings is 1. The first-order valence-corrected chi connectivity index (χ1v) is 9.31. The van der Waals surface area contributed by atoms with Crippen LogP contribution in [0.15, 0.2) is 29.6 Å². The fraction of sp³-hybridized carbons (Fsp3) is 0.421. The third-order valence-corrected chi connectivity index (χ3v) is 4.66. The van der Waals surface area contributed by atoms with Gasteiger partial charge in [-0.3, -0.25) is 9.59 Å². The van der Waals surface area contributed by atoms with Gasteiger partial charge in [-0.25, -0.2) is 4.98 Å². The SMILES string of the molecule is CC(=O)N[C@@H](C(=O)NCCc1ccc(-c2csc(C)n2)cc1)C(C)C. The zero-order chi connectivity index (χ0) is 18.4. The van der Waals surface area contributed by atoms with Crippen molar-refractivity contribution in [3.63, 3.8) is 0 Å². The standard InChI is InChI=1S/C19H25N3O2S/c1-12(2)18(21-13(3)23)19(24)20-10-9-15-5-7-16(8-6-15)17-11-25-14(4)22-17/h5-8,11-12,18H,9-10H2,1-4H3,(H,20,24)(H,21,23)/t18-/m1/s1. The van der Waals surface area contributed by atoms with E-state index in [1.165, 1.54) is 6.92 Å². The lowest BCUT2D eigenvalue weighted by atomic mass is 10.0. The summed E-state index contributed by atoms with van der Waals surface area (Å²) in [5.41, 5.74) is 3.25. The van der Waals surface area contributed by atoms with Gasteiger partial charge in [0, 0.05) is 24.4 Å². The van der Waals surface area contributed by atoms with Crippen molar-refractivity contribution < 1.29 is 9.59 Å². The molecule has 0 radical (unpaired) electrons. The quantitative estimate of drug-likeness (QED) is 0.798. The first-order chi connectivity index (χ1) is 11.9. The van der Waals surface area contributed by atoms with Crippen LogP contribution in [0.1, 0.15) is 31.3 Å². The molecule has 0 spiro atoms. The smallest absolute Gasteiger partial charge is 0.242 e. The second kappa shape index (κ2) is 8.76. The number of carbonyl (C=O) groups is 2. The van der Waals surface area contributed by atoms with E-state index in [1.807, 2.05) is 20.8 Å². The van der Waals surface area contributed by atoms with Gasteiger partial charge in [0.15, 0.2) is 0 Å². The van der Waals surface area contributed by atoms with Crippen molar-refractivity contribution in [1.29, 1.82) is 0 Å². The third kappa shape index (κ3) is 5.67. The molecule has 2 aromatic rings. The number of nitrogens with one attached hydrogen (secondary N) is 2. The molecule has 2 amide bonds. The van der Waals surface area contributed by atoms with Crippen molar-refractivity contribution in [2.24, 2.45) is 5.92 Å². The summed E-state index contributed by atoms with van der Waals surface area (Å²) in [6.45, 7) is 7.79. The average Bonchev–Trinajstić information content (AvgIpc) is 2.99. The summed E-state index contributed by atoms with van der Waals surface area (Å²) in [7, 11) is 0. The van der Waals surface area contributed by atoms with E-state index in [2.05, 4.69) is 45.3 Å². The van der Waals surface area contributed by atoms with Gasteiger partial charge < -0.3 is 10.6 Å². The fourth-order valence-corrected chi connectivity index (χ4v) is 3.15. The maximum absolute atomic E-state index is 12.2. The van der Waals surface area contributed by atoms with E-state index in [-0.39, 0.29) is 17.7 Å². The van der Waals surface area contributed by atoms with Crippen LogP contribution in [0, 0.1) is 12.8 Å². The molecular weight excluding hydrogens is 334 g/mol. The molecule has 0 saturated heterocycles. The number of aromatic nitrogens is 1. The van der Waals surface area contributed by atoms with Crippen LogP contribution in [0.2, 0.25) is 0 Å². The van der Waals surface area contributed by atoms with Gasteiger partial charge in [-0.1, -0.05) is 38.1 Å². The van der Waals surface area contributed by atoms with Crippen molar-refractivity contribution in [2.45, 2.75) is 40.2 Å². The van der Waals surface area contributed by atoms with Gasteiger partial charge in [0.05, 0.1) is 10.7 Å². The van der Waals surface area contributed by atoms with Crippen LogP contribution >= 0.6 is 11.3 Å². The summed E-state index contributed by atoms with van der Waals surface area (Å²) >= 11 is 1.64. The van der Waals surface area contributed by atoms with Gasteiger partial charge in [0.25, 0.3) is 0 Å². The Morgan fingerprint density at radius 2 is 1.88 bits per heavy atom. The molecule has 0 bridgehead atoms. The summed E-state index contributed by atoms with van der Waals surface area (Å²) in [4.78, 5) is 27.9. The van der Waals surface area contributed by atoms with E-state index in [0.29, 0.717) is 6.54 Å². The highest BCUT2D eigenvalue weighted by atomic mass is 32.1. The summed E-state index contributed by atoms with van der Waals surface area (Å²) in [5.74, 6) is -0.286. The molecule has 0 fully saturated rings. The van der Waals surface area contributed by atoms with Crippen LogP contribution in [0.4, 0.5) is 0 Å². The van der Waals surface area contributed by atoms with Crippen molar-refractivity contribution in [2.75, 3.05) is 6.54 Å². The summed E-state index contributed by atoms with van der Waals surface area (Å²) < 4.78 is 0. The van der Waals surface area contributed by atoms with Gasteiger partial charge in [-0.2, -0.15) is 0 Å². The number of rotatable bonds is 7. The minimum atomic E-state index is -0.493. The molecule has 0 aliphatic rings. The molecule has 5 nitrogen and oxygen atoms in total. The third-order valence-electron chi connectivity index (χ3n) is 3.89. The lowest BCUT2D eigenvalue weighted by Gasteiger charge is -2.20. The number of aryl methyl sites for hydroxylation is 1. The lowest BCUT2D eigenvalue weighted by molar-refractivity contribution is -0.129. The van der Waals surface area contributed by atoms with Crippen LogP contribution < -0.4 is 10.6 Å². The van der Waals surface area contributed by atoms with Crippen LogP contribution in [0.25, 0.3) is 11.3 Å². The molecule has 2 rings (SSSR count). The highest BCUT2D eigenvalue weighted by Crippen LogP contribution is 2.21. The Morgan fingerprint density at radius 3 is 2.40 bits per heavy atom. The van der Waals surface area contributed by atoms with E-state index >= 15 is 0 Å². The van der Waals surface area contributed by atoms with Gasteiger partial charge >= 0.3 is 0 Å². The maximum atomic E-state index is 12.2. The number of hydrogen-bond acceptors (Lipinski definition) is 4. The molecule has 0 unspecified atom stereocenters. The molecule has 1 aromatic carbocycles. The Bertz CT molecular complexity index is 723. The minimum Gasteiger partial charge on any atom is -0.354 e. The molecule has 0 saturated carbocycles. The molecule has 25 heavy (non-hydrogen) atoms. The summed E-state index contributed by atoms with van der Waals surface area (Å²) in [6, 6.07) is 7.74. The van der Waals surface area contributed by atoms with Crippen molar-refractivity contribution in [3.05, 3.63) is 40.2 Å². The zero-order valence-corrected chi connectivity index (χ0v) is 15.9. The number of amides is 2. The van der Waals surface area contributed by atoms with Crippen LogP contribution in [-0.4, -0.2) is 29.4 Å². The fourth-order valence-electron chi connectivity index (χ4n) is 2.53. The van der Waals surface area contributed by atoms with E-state index < -0.39 is 6.04 Å². The number of nitrogens with zero attached hydrogens (tertiary/aromatic N) is 1. The average molecular weight is 359 g/mol. The Morgan fingerprint density at radius 1 is 1.20 bits per heavy atom. The van der Waals surface area contributed by atoms with Crippen LogP contribution in [-0.2, 0) is 16.0 Å². The molecule has 0 aliphatic carbocycles. The van der Waals surface area contributed by atoms with Crippen LogP contribution in [0.5, 0.6) is 0 Å². The number of hydrogen-bond donors (Lipinski definition) is 2. The largest absolute Gasteiger partial charge is 0.354 e. The Kier molecular flexibility index (Phi) is 6.70. The minimum absolute atomic E-state index is 0.0461. The van der Waals surface area contributed by atoms with E-state index in [9.17, 15) is 9.59 Å². The molecule has 2 N–H and O–H groups in total. The van der Waals surface area contributed by atoms with Gasteiger partial charge in [-0.15, -0.1) is 11.3 Å². The molecule has 1 heterocycles. The Balaban J connectivity index is 1.86. The molecule has 134 valence electrons. The van der Waals surface area contributed by atoms with Crippen molar-refractivity contribution in [3.8, 4) is 11.3 Å². The first kappa shape index (κ1) is 19.1. The van der Waals surface area contributed by atoms with Crippen molar-refractivity contribution in [1.82, 2.24) is 15.6 Å². The van der Waals surface area contributed by atoms with Gasteiger partial charge in [0.1, 0.15) is 6.04 Å². The predicted octanol–water partition coefficient (Wildman–Crippen LogP) is 2.94. The Labute approximate surface area is 152 Å². The van der Waals surface area contributed by atoms with Crippen molar-refractivity contribution >= 4 is 23.2 Å². The normalized spacial score (nSPS) is 12.0. The number of carbonyl (C=O) groups excluding carboxylic acids is 2. The maximum Gasteiger partial charge on any atom is 0.242 e. The lowest BCUT2D eigenvalue weighted by Crippen LogP contribution is -2.49. The first-order valence-electron chi connectivity index (χ1n) is 8.43. The number of thiazole rings is 1. The van der Waals surface area contributed by atoms with E-state index in [4.69, 9.17) is 0 Å². The Hall–Kier alpha value is -2.21. The molecule has 6 heteroatoms. The molecular formula is C19H25N3O2S. The van der Waals surface area contributed by atoms with Gasteiger partial charge in [-0.05, 0) is 24.8 Å². The highest BCUT2D eigenvalue weighted by Gasteiger charge is 2.22. The van der Waals surface area contributed by atoms with E-state index in [0.717, 1.165) is 28.2 Å². The molecule has 1 atom stereocenters. The molecule has 0 aliphatic heterocycles. The van der Waals surface area contributed by atoms with E-state index in [1.54, 1.807) is 11.3 Å². The second-order valence-corrected chi connectivity index (χ2v) is 7.47. The highest BCUT2D eigenvalue weighted by molar-refractivity contribution is 7.09. The second-order valence-electron chi connectivity index (χ2n) is 6.41.